The number of methoxy groups -OCH3 is 1. The molecule has 1 atom stereocenters. The summed E-state index contributed by atoms with van der Waals surface area (Å²) < 4.78 is 10.4. The van der Waals surface area contributed by atoms with Gasteiger partial charge in [0.1, 0.15) is 5.75 Å². The Labute approximate surface area is 129 Å². The second-order valence-corrected chi connectivity index (χ2v) is 4.90. The Bertz CT molecular complexity index is 545. The van der Waals surface area contributed by atoms with Gasteiger partial charge in [-0.1, -0.05) is 6.92 Å². The Balaban J connectivity index is 2.93. The molecule has 7 heteroatoms. The van der Waals surface area contributed by atoms with Crippen molar-refractivity contribution in [3.63, 3.8) is 0 Å². The maximum atomic E-state index is 11.7. The van der Waals surface area contributed by atoms with Crippen molar-refractivity contribution < 1.29 is 19.2 Å². The van der Waals surface area contributed by atoms with Crippen molar-refractivity contribution >= 4 is 17.3 Å². The summed E-state index contributed by atoms with van der Waals surface area (Å²) in [7, 11) is 3.15. The van der Waals surface area contributed by atoms with E-state index in [1.54, 1.807) is 13.1 Å². The summed E-state index contributed by atoms with van der Waals surface area (Å²) in [4.78, 5) is 22.4. The SMILES string of the molecule is CCC(C)OC(=O)CCc1cc(OC)c(NC)cc1[N+](=O)[O-]. The van der Waals surface area contributed by atoms with Crippen molar-refractivity contribution in [2.24, 2.45) is 0 Å². The number of hydrogen-bond acceptors (Lipinski definition) is 6. The third kappa shape index (κ3) is 4.61. The molecule has 0 bridgehead atoms. The van der Waals surface area contributed by atoms with Crippen LogP contribution in [0, 0.1) is 10.1 Å². The van der Waals surface area contributed by atoms with E-state index < -0.39 is 4.92 Å². The number of nitro benzene ring substituents is 1. The molecule has 0 aromatic heterocycles. The van der Waals surface area contributed by atoms with Crippen LogP contribution in [0.25, 0.3) is 0 Å². The quantitative estimate of drug-likeness (QED) is 0.451. The van der Waals surface area contributed by atoms with Crippen molar-refractivity contribution in [3.8, 4) is 5.75 Å². The van der Waals surface area contributed by atoms with E-state index >= 15 is 0 Å². The fourth-order valence-corrected chi connectivity index (χ4v) is 1.95. The molecule has 1 rings (SSSR count). The van der Waals surface area contributed by atoms with E-state index in [-0.39, 0.29) is 30.6 Å². The molecule has 1 aromatic rings. The van der Waals surface area contributed by atoms with E-state index in [0.717, 1.165) is 6.42 Å². The molecule has 0 spiro atoms. The van der Waals surface area contributed by atoms with Gasteiger partial charge in [-0.05, 0) is 25.8 Å². The van der Waals surface area contributed by atoms with Crippen LogP contribution in [0.4, 0.5) is 11.4 Å². The highest BCUT2D eigenvalue weighted by Crippen LogP contribution is 2.33. The van der Waals surface area contributed by atoms with Crippen molar-refractivity contribution in [2.45, 2.75) is 39.2 Å². The molecule has 22 heavy (non-hydrogen) atoms. The van der Waals surface area contributed by atoms with Gasteiger partial charge in [0.2, 0.25) is 0 Å². The van der Waals surface area contributed by atoms with Gasteiger partial charge in [-0.3, -0.25) is 14.9 Å². The largest absolute Gasteiger partial charge is 0.495 e. The number of esters is 1. The van der Waals surface area contributed by atoms with Crippen LogP contribution in [-0.4, -0.2) is 31.2 Å². The van der Waals surface area contributed by atoms with Crippen molar-refractivity contribution in [2.75, 3.05) is 19.5 Å². The van der Waals surface area contributed by atoms with Crippen LogP contribution in [0.2, 0.25) is 0 Å². The highest BCUT2D eigenvalue weighted by atomic mass is 16.6. The fraction of sp³-hybridized carbons (Fsp3) is 0.533. The van der Waals surface area contributed by atoms with E-state index in [2.05, 4.69) is 5.32 Å². The first-order valence-electron chi connectivity index (χ1n) is 7.15. The molecule has 0 aliphatic carbocycles. The molecular weight excluding hydrogens is 288 g/mol. The zero-order valence-corrected chi connectivity index (χ0v) is 13.3. The van der Waals surface area contributed by atoms with Gasteiger partial charge in [-0.15, -0.1) is 0 Å². The van der Waals surface area contributed by atoms with Crippen molar-refractivity contribution in [1.29, 1.82) is 0 Å². The van der Waals surface area contributed by atoms with Crippen LogP contribution >= 0.6 is 0 Å². The van der Waals surface area contributed by atoms with Crippen LogP contribution < -0.4 is 10.1 Å². The van der Waals surface area contributed by atoms with E-state index in [4.69, 9.17) is 9.47 Å². The summed E-state index contributed by atoms with van der Waals surface area (Å²) in [5.74, 6) is 0.138. The number of aryl methyl sites for hydroxylation is 1. The van der Waals surface area contributed by atoms with Crippen LogP contribution in [0.3, 0.4) is 0 Å². The molecule has 7 nitrogen and oxygen atoms in total. The lowest BCUT2D eigenvalue weighted by molar-refractivity contribution is -0.385. The number of rotatable bonds is 8. The van der Waals surface area contributed by atoms with Crippen molar-refractivity contribution in [1.82, 2.24) is 0 Å². The smallest absolute Gasteiger partial charge is 0.306 e. The minimum Gasteiger partial charge on any atom is -0.495 e. The van der Waals surface area contributed by atoms with Gasteiger partial charge in [0.15, 0.2) is 0 Å². The minimum atomic E-state index is -0.463. The number of ether oxygens (including phenoxy) is 2. The summed E-state index contributed by atoms with van der Waals surface area (Å²) >= 11 is 0. The third-order valence-corrected chi connectivity index (χ3v) is 3.37. The lowest BCUT2D eigenvalue weighted by atomic mass is 10.1. The number of hydrogen-bond donors (Lipinski definition) is 1. The molecule has 0 heterocycles. The molecule has 0 amide bonds. The zero-order chi connectivity index (χ0) is 16.7. The van der Waals surface area contributed by atoms with Gasteiger partial charge in [0.05, 0.1) is 23.8 Å². The molecule has 0 saturated heterocycles. The molecule has 0 radical (unpaired) electrons. The number of benzene rings is 1. The number of carbonyl (C=O) groups is 1. The predicted octanol–water partition coefficient (Wildman–Crippen LogP) is 2.92. The summed E-state index contributed by atoms with van der Waals surface area (Å²) in [6.07, 6.45) is 0.902. The van der Waals surface area contributed by atoms with Crippen LogP contribution in [0.15, 0.2) is 12.1 Å². The van der Waals surface area contributed by atoms with E-state index in [1.165, 1.54) is 13.2 Å². The minimum absolute atomic E-state index is 0.0403. The number of nitro groups is 1. The molecule has 1 aromatic carbocycles. The van der Waals surface area contributed by atoms with Gasteiger partial charge >= 0.3 is 5.97 Å². The summed E-state index contributed by atoms with van der Waals surface area (Å²) in [6.45, 7) is 3.73. The Hall–Kier alpha value is -2.31. The summed E-state index contributed by atoms with van der Waals surface area (Å²) in [5, 5.41) is 14.0. The van der Waals surface area contributed by atoms with E-state index in [0.29, 0.717) is 17.0 Å². The van der Waals surface area contributed by atoms with Crippen LogP contribution in [0.1, 0.15) is 32.3 Å². The number of nitrogens with zero attached hydrogens (tertiary/aromatic N) is 1. The molecule has 0 aliphatic heterocycles. The number of nitrogens with one attached hydrogen (secondary N) is 1. The monoisotopic (exact) mass is 310 g/mol. The standard InChI is InChI=1S/C15H22N2O5/c1-5-10(2)22-15(18)7-6-11-8-14(21-4)12(16-3)9-13(11)17(19)20/h8-10,16H,5-7H2,1-4H3. The first-order valence-corrected chi connectivity index (χ1v) is 7.15. The maximum absolute atomic E-state index is 11.7. The average Bonchev–Trinajstić information content (AvgIpc) is 2.51. The summed E-state index contributed by atoms with van der Waals surface area (Å²) in [5.41, 5.74) is 0.934. The highest BCUT2D eigenvalue weighted by molar-refractivity contribution is 5.71. The Morgan fingerprint density at radius 2 is 2.14 bits per heavy atom. The Kier molecular flexibility index (Phi) is 6.62. The first kappa shape index (κ1) is 17.7. The molecular formula is C15H22N2O5. The van der Waals surface area contributed by atoms with Crippen LogP contribution in [-0.2, 0) is 16.0 Å². The number of anilines is 1. The maximum Gasteiger partial charge on any atom is 0.306 e. The second-order valence-electron chi connectivity index (χ2n) is 4.90. The van der Waals surface area contributed by atoms with E-state index in [9.17, 15) is 14.9 Å². The van der Waals surface area contributed by atoms with Crippen molar-refractivity contribution in [3.05, 3.63) is 27.8 Å². The zero-order valence-electron chi connectivity index (χ0n) is 13.3. The molecule has 0 fully saturated rings. The van der Waals surface area contributed by atoms with Gasteiger partial charge in [-0.2, -0.15) is 0 Å². The predicted molar refractivity (Wildman–Crippen MR) is 83.4 cm³/mol. The fourth-order valence-electron chi connectivity index (χ4n) is 1.95. The van der Waals surface area contributed by atoms with Crippen LogP contribution in [0.5, 0.6) is 5.75 Å². The highest BCUT2D eigenvalue weighted by Gasteiger charge is 2.19. The third-order valence-electron chi connectivity index (χ3n) is 3.37. The first-order chi connectivity index (χ1) is 10.4. The molecule has 0 saturated carbocycles. The summed E-state index contributed by atoms with van der Waals surface area (Å²) in [6, 6.07) is 2.99. The van der Waals surface area contributed by atoms with Gasteiger partial charge in [0.25, 0.3) is 5.69 Å². The molecule has 122 valence electrons. The normalized spacial score (nSPS) is 11.6. The van der Waals surface area contributed by atoms with Gasteiger partial charge < -0.3 is 14.8 Å². The average molecular weight is 310 g/mol. The topological polar surface area (TPSA) is 90.7 Å². The van der Waals surface area contributed by atoms with Gasteiger partial charge in [-0.25, -0.2) is 0 Å². The second kappa shape index (κ2) is 8.21. The Morgan fingerprint density at radius 1 is 1.45 bits per heavy atom. The van der Waals surface area contributed by atoms with Gasteiger partial charge in [0, 0.05) is 25.1 Å². The van der Waals surface area contributed by atoms with E-state index in [1.807, 2.05) is 13.8 Å². The lowest BCUT2D eigenvalue weighted by Crippen LogP contribution is -2.14. The lowest BCUT2D eigenvalue weighted by Gasteiger charge is -2.12. The molecule has 0 aliphatic rings. The molecule has 1 unspecified atom stereocenters. The Morgan fingerprint density at radius 3 is 2.64 bits per heavy atom. The number of carbonyl (C=O) groups excluding carboxylic acids is 1. The molecule has 1 N–H and O–H groups in total.